The Morgan fingerprint density at radius 1 is 1.21 bits per heavy atom. The van der Waals surface area contributed by atoms with Gasteiger partial charge in [0.1, 0.15) is 11.4 Å². The van der Waals surface area contributed by atoms with Crippen LogP contribution in [0.4, 0.5) is 23.2 Å². The van der Waals surface area contributed by atoms with Gasteiger partial charge >= 0.3 is 6.18 Å². The van der Waals surface area contributed by atoms with E-state index < -0.39 is 29.2 Å². The molecule has 8 heteroatoms. The number of aryl methyl sites for hydroxylation is 1. The molecule has 0 spiro atoms. The topological polar surface area (TPSA) is 46.9 Å². The zero-order chi connectivity index (χ0) is 21.2. The molecule has 0 atom stereocenters. The Balaban J connectivity index is 2.02. The molecule has 0 fully saturated rings. The third-order valence-corrected chi connectivity index (χ3v) is 4.17. The third kappa shape index (κ3) is 4.29. The smallest absolute Gasteiger partial charge is 0.320 e. The molecule has 0 unspecified atom stereocenters. The number of anilines is 1. The van der Waals surface area contributed by atoms with Gasteiger partial charge < -0.3 is 5.32 Å². The van der Waals surface area contributed by atoms with Gasteiger partial charge in [0.2, 0.25) is 0 Å². The Kier molecular flexibility index (Phi) is 5.41. The van der Waals surface area contributed by atoms with Gasteiger partial charge in [-0.05, 0) is 29.3 Å². The summed E-state index contributed by atoms with van der Waals surface area (Å²) in [7, 11) is 1.30. The number of halogens is 4. The number of hydrogen-bond acceptors (Lipinski definition) is 2. The summed E-state index contributed by atoms with van der Waals surface area (Å²) in [5.74, 6) is 0.966. The van der Waals surface area contributed by atoms with Gasteiger partial charge in [0, 0.05) is 30.9 Å². The zero-order valence-corrected chi connectivity index (χ0v) is 15.2. The van der Waals surface area contributed by atoms with Crippen LogP contribution in [0.3, 0.4) is 0 Å². The van der Waals surface area contributed by atoms with E-state index in [4.69, 9.17) is 6.42 Å². The Labute approximate surface area is 164 Å². The number of carbonyl (C=O) groups excluding carboxylic acids is 1. The standard InChI is InChI=1S/C21H15F4N3O/c1-3-6-13-11-14(22)9-10-15(13)16-7-4-5-8-18(16)26-20(29)19-17(21(23,24)25)12-28(2)27-19/h1,4-5,7-12H,6H2,2H3,(H,26,29). The summed E-state index contributed by atoms with van der Waals surface area (Å²) in [4.78, 5) is 12.6. The maximum atomic E-state index is 13.6. The average Bonchev–Trinajstić information content (AvgIpc) is 3.05. The van der Waals surface area contributed by atoms with Gasteiger partial charge in [-0.3, -0.25) is 9.48 Å². The molecule has 29 heavy (non-hydrogen) atoms. The van der Waals surface area contributed by atoms with E-state index in [1.54, 1.807) is 18.2 Å². The number of nitrogens with one attached hydrogen (secondary N) is 1. The molecular formula is C21H15F4N3O. The number of carbonyl (C=O) groups is 1. The van der Waals surface area contributed by atoms with Crippen LogP contribution < -0.4 is 5.32 Å². The first-order chi connectivity index (χ1) is 13.7. The second kappa shape index (κ2) is 7.80. The van der Waals surface area contributed by atoms with Crippen molar-refractivity contribution in [3.8, 4) is 23.5 Å². The van der Waals surface area contributed by atoms with Crippen molar-refractivity contribution >= 4 is 11.6 Å². The fraction of sp³-hybridized carbons (Fsp3) is 0.143. The molecule has 0 aliphatic rings. The molecule has 1 amide bonds. The molecule has 1 heterocycles. The summed E-state index contributed by atoms with van der Waals surface area (Å²) >= 11 is 0. The molecule has 0 saturated heterocycles. The molecule has 0 aliphatic carbocycles. The quantitative estimate of drug-likeness (QED) is 0.510. The first kappa shape index (κ1) is 20.1. The van der Waals surface area contributed by atoms with Crippen molar-refractivity contribution in [1.82, 2.24) is 9.78 Å². The molecule has 1 N–H and O–H groups in total. The summed E-state index contributed by atoms with van der Waals surface area (Å²) in [6.07, 6.45) is 1.52. The first-order valence-corrected chi connectivity index (χ1v) is 8.44. The number of terminal acetylenes is 1. The molecule has 3 aromatic rings. The Bertz CT molecular complexity index is 1110. The lowest BCUT2D eigenvalue weighted by atomic mass is 9.96. The van der Waals surface area contributed by atoms with Gasteiger partial charge in [0.15, 0.2) is 5.69 Å². The summed E-state index contributed by atoms with van der Waals surface area (Å²) in [5, 5.41) is 6.12. The van der Waals surface area contributed by atoms with E-state index in [0.29, 0.717) is 16.7 Å². The van der Waals surface area contributed by atoms with Crippen LogP contribution >= 0.6 is 0 Å². The molecule has 148 valence electrons. The van der Waals surface area contributed by atoms with E-state index in [1.165, 1.54) is 31.3 Å². The van der Waals surface area contributed by atoms with Crippen molar-refractivity contribution < 1.29 is 22.4 Å². The molecular weight excluding hydrogens is 386 g/mol. The molecule has 0 bridgehead atoms. The van der Waals surface area contributed by atoms with Crippen LogP contribution in [-0.4, -0.2) is 15.7 Å². The summed E-state index contributed by atoms with van der Waals surface area (Å²) in [5.41, 5.74) is -0.0420. The average molecular weight is 401 g/mol. The van der Waals surface area contributed by atoms with Crippen LogP contribution in [-0.2, 0) is 19.6 Å². The largest absolute Gasteiger partial charge is 0.420 e. The monoisotopic (exact) mass is 401 g/mol. The van der Waals surface area contributed by atoms with Crippen molar-refractivity contribution in [3.63, 3.8) is 0 Å². The minimum atomic E-state index is -4.72. The molecule has 1 aromatic heterocycles. The second-order valence-electron chi connectivity index (χ2n) is 6.24. The highest BCUT2D eigenvalue weighted by molar-refractivity contribution is 6.06. The number of nitrogens with zero attached hydrogens (tertiary/aromatic N) is 2. The highest BCUT2D eigenvalue weighted by atomic mass is 19.4. The van der Waals surface area contributed by atoms with E-state index in [-0.39, 0.29) is 12.1 Å². The SMILES string of the molecule is C#CCc1cc(F)ccc1-c1ccccc1NC(=O)c1nn(C)cc1C(F)(F)F. The summed E-state index contributed by atoms with van der Waals surface area (Å²) in [6.45, 7) is 0. The Hall–Kier alpha value is -3.60. The predicted octanol–water partition coefficient (Wildman–Crippen LogP) is 4.67. The lowest BCUT2D eigenvalue weighted by molar-refractivity contribution is -0.137. The lowest BCUT2D eigenvalue weighted by Crippen LogP contribution is -2.18. The molecule has 3 rings (SSSR count). The van der Waals surface area contributed by atoms with E-state index in [1.807, 2.05) is 0 Å². The van der Waals surface area contributed by atoms with Crippen LogP contribution in [0.15, 0.2) is 48.7 Å². The van der Waals surface area contributed by atoms with Gasteiger partial charge in [0.25, 0.3) is 5.91 Å². The van der Waals surface area contributed by atoms with E-state index in [0.717, 1.165) is 10.9 Å². The maximum absolute atomic E-state index is 13.6. The summed E-state index contributed by atoms with van der Waals surface area (Å²) < 4.78 is 54.1. The zero-order valence-electron chi connectivity index (χ0n) is 15.2. The van der Waals surface area contributed by atoms with Gasteiger partial charge in [-0.25, -0.2) is 4.39 Å². The normalized spacial score (nSPS) is 11.2. The number of para-hydroxylation sites is 1. The fourth-order valence-electron chi connectivity index (χ4n) is 2.95. The second-order valence-corrected chi connectivity index (χ2v) is 6.24. The van der Waals surface area contributed by atoms with E-state index >= 15 is 0 Å². The number of hydrogen-bond donors (Lipinski definition) is 1. The van der Waals surface area contributed by atoms with Crippen LogP contribution in [0.25, 0.3) is 11.1 Å². The molecule has 0 aliphatic heterocycles. The minimum Gasteiger partial charge on any atom is -0.320 e. The summed E-state index contributed by atoms with van der Waals surface area (Å²) in [6, 6.07) is 10.5. The van der Waals surface area contributed by atoms with Crippen LogP contribution in [0.1, 0.15) is 21.6 Å². The predicted molar refractivity (Wildman–Crippen MR) is 101 cm³/mol. The van der Waals surface area contributed by atoms with Crippen LogP contribution in [0, 0.1) is 18.2 Å². The van der Waals surface area contributed by atoms with Crippen LogP contribution in [0.5, 0.6) is 0 Å². The number of aromatic nitrogens is 2. The first-order valence-electron chi connectivity index (χ1n) is 8.44. The number of alkyl halides is 3. The van der Waals surface area contributed by atoms with Crippen molar-refractivity contribution in [2.75, 3.05) is 5.32 Å². The van der Waals surface area contributed by atoms with Gasteiger partial charge in [-0.1, -0.05) is 24.3 Å². The fourth-order valence-corrected chi connectivity index (χ4v) is 2.95. The number of benzene rings is 2. The third-order valence-electron chi connectivity index (χ3n) is 4.17. The molecule has 2 aromatic carbocycles. The highest BCUT2D eigenvalue weighted by Crippen LogP contribution is 2.34. The van der Waals surface area contributed by atoms with E-state index in [9.17, 15) is 22.4 Å². The number of rotatable bonds is 4. The van der Waals surface area contributed by atoms with Gasteiger partial charge in [-0.2, -0.15) is 18.3 Å². The minimum absolute atomic E-state index is 0.147. The van der Waals surface area contributed by atoms with Gasteiger partial charge in [-0.15, -0.1) is 12.3 Å². The molecule has 0 radical (unpaired) electrons. The van der Waals surface area contributed by atoms with Crippen molar-refractivity contribution in [2.24, 2.45) is 7.05 Å². The van der Waals surface area contributed by atoms with E-state index in [2.05, 4.69) is 16.3 Å². The van der Waals surface area contributed by atoms with Crippen LogP contribution in [0.2, 0.25) is 0 Å². The van der Waals surface area contributed by atoms with Gasteiger partial charge in [0.05, 0.1) is 0 Å². The van der Waals surface area contributed by atoms with Crippen molar-refractivity contribution in [3.05, 3.63) is 71.3 Å². The maximum Gasteiger partial charge on any atom is 0.420 e. The van der Waals surface area contributed by atoms with Crippen molar-refractivity contribution in [1.29, 1.82) is 0 Å². The number of amides is 1. The Morgan fingerprint density at radius 2 is 1.93 bits per heavy atom. The lowest BCUT2D eigenvalue weighted by Gasteiger charge is -2.14. The molecule has 0 saturated carbocycles. The molecule has 4 nitrogen and oxygen atoms in total. The van der Waals surface area contributed by atoms with Crippen molar-refractivity contribution in [2.45, 2.75) is 12.6 Å². The Morgan fingerprint density at radius 3 is 2.62 bits per heavy atom. The highest BCUT2D eigenvalue weighted by Gasteiger charge is 2.38.